The highest BCUT2D eigenvalue weighted by molar-refractivity contribution is 5.85. The summed E-state index contributed by atoms with van der Waals surface area (Å²) < 4.78 is 4.82. The molecule has 0 aromatic rings. The van der Waals surface area contributed by atoms with Gasteiger partial charge in [0.05, 0.1) is 12.5 Å². The van der Waals surface area contributed by atoms with Gasteiger partial charge in [-0.1, -0.05) is 0 Å². The highest BCUT2D eigenvalue weighted by atomic mass is 16.5. The molecule has 5 nitrogen and oxygen atoms in total. The van der Waals surface area contributed by atoms with E-state index in [1.165, 1.54) is 0 Å². The van der Waals surface area contributed by atoms with Crippen LogP contribution in [0.3, 0.4) is 0 Å². The van der Waals surface area contributed by atoms with E-state index in [0.29, 0.717) is 13.2 Å². The first-order valence-corrected chi connectivity index (χ1v) is 5.83. The zero-order valence-corrected chi connectivity index (χ0v) is 9.91. The Bertz CT molecular complexity index is 250. The molecule has 2 N–H and O–H groups in total. The van der Waals surface area contributed by atoms with Crippen LogP contribution in [-0.2, 0) is 14.3 Å². The van der Waals surface area contributed by atoms with Crippen LogP contribution >= 0.6 is 0 Å². The summed E-state index contributed by atoms with van der Waals surface area (Å²) in [5.74, 6) is -0.460. The normalized spacial score (nSPS) is 22.2. The third-order valence-corrected chi connectivity index (χ3v) is 2.67. The van der Waals surface area contributed by atoms with Gasteiger partial charge in [-0.05, 0) is 33.2 Å². The second-order valence-corrected chi connectivity index (χ2v) is 4.03. The largest absolute Gasteiger partial charge is 0.464 e. The van der Waals surface area contributed by atoms with Crippen molar-refractivity contribution in [2.75, 3.05) is 19.7 Å². The molecule has 1 rings (SSSR count). The van der Waals surface area contributed by atoms with Gasteiger partial charge in [0.25, 0.3) is 0 Å². The van der Waals surface area contributed by atoms with Crippen LogP contribution < -0.4 is 10.6 Å². The number of nitrogens with one attached hydrogen (secondary N) is 2. The lowest BCUT2D eigenvalue weighted by Gasteiger charge is -2.23. The third kappa shape index (κ3) is 3.81. The molecule has 0 aliphatic carbocycles. The predicted molar refractivity (Wildman–Crippen MR) is 59.8 cm³/mol. The van der Waals surface area contributed by atoms with Gasteiger partial charge in [0.2, 0.25) is 5.91 Å². The van der Waals surface area contributed by atoms with Crippen LogP contribution in [-0.4, -0.2) is 37.6 Å². The van der Waals surface area contributed by atoms with Crippen molar-refractivity contribution in [2.45, 2.75) is 32.7 Å². The first-order valence-electron chi connectivity index (χ1n) is 5.83. The number of piperidine rings is 1. The van der Waals surface area contributed by atoms with E-state index < -0.39 is 6.04 Å². The second-order valence-electron chi connectivity index (χ2n) is 4.03. The molecule has 0 bridgehead atoms. The van der Waals surface area contributed by atoms with E-state index in [1.54, 1.807) is 13.8 Å². The molecule has 1 aliphatic heterocycles. The Morgan fingerprint density at radius 2 is 2.31 bits per heavy atom. The van der Waals surface area contributed by atoms with Gasteiger partial charge in [0.1, 0.15) is 6.04 Å². The molecule has 0 spiro atoms. The Kier molecular flexibility index (Phi) is 5.25. The van der Waals surface area contributed by atoms with Gasteiger partial charge in [0, 0.05) is 6.54 Å². The molecule has 0 radical (unpaired) electrons. The zero-order chi connectivity index (χ0) is 12.0. The van der Waals surface area contributed by atoms with Crippen molar-refractivity contribution in [3.8, 4) is 0 Å². The molecule has 1 aliphatic rings. The standard InChI is InChI=1S/C11H20N2O3/c1-3-16-11(15)8(2)13-10(14)9-5-4-6-12-7-9/h8-9,12H,3-7H2,1-2H3,(H,13,14)/t8-,9?/m0/s1. The molecule has 0 aromatic carbocycles. The number of rotatable bonds is 4. The number of ether oxygens (including phenoxy) is 1. The van der Waals surface area contributed by atoms with E-state index in [2.05, 4.69) is 10.6 Å². The molecule has 2 atom stereocenters. The molecular weight excluding hydrogens is 208 g/mol. The van der Waals surface area contributed by atoms with Crippen molar-refractivity contribution in [3.05, 3.63) is 0 Å². The van der Waals surface area contributed by atoms with Gasteiger partial charge in [0.15, 0.2) is 0 Å². The maximum Gasteiger partial charge on any atom is 0.328 e. The minimum atomic E-state index is -0.561. The van der Waals surface area contributed by atoms with E-state index in [1.807, 2.05) is 0 Å². The van der Waals surface area contributed by atoms with Crippen LogP contribution in [0.1, 0.15) is 26.7 Å². The summed E-state index contributed by atoms with van der Waals surface area (Å²) in [6, 6.07) is -0.561. The summed E-state index contributed by atoms with van der Waals surface area (Å²) in [4.78, 5) is 23.1. The maximum atomic E-state index is 11.8. The van der Waals surface area contributed by atoms with Crippen molar-refractivity contribution in [1.82, 2.24) is 10.6 Å². The van der Waals surface area contributed by atoms with Gasteiger partial charge in [-0.3, -0.25) is 4.79 Å². The zero-order valence-electron chi connectivity index (χ0n) is 9.91. The quantitative estimate of drug-likeness (QED) is 0.667. The Morgan fingerprint density at radius 3 is 2.88 bits per heavy atom. The van der Waals surface area contributed by atoms with Gasteiger partial charge in [-0.25, -0.2) is 4.79 Å². The summed E-state index contributed by atoms with van der Waals surface area (Å²) >= 11 is 0. The maximum absolute atomic E-state index is 11.8. The van der Waals surface area contributed by atoms with E-state index in [-0.39, 0.29) is 17.8 Å². The summed E-state index contributed by atoms with van der Waals surface area (Å²) in [5, 5.41) is 5.85. The Morgan fingerprint density at radius 1 is 1.56 bits per heavy atom. The Hall–Kier alpha value is -1.10. The fourth-order valence-corrected chi connectivity index (χ4v) is 1.73. The molecule has 0 saturated carbocycles. The molecular formula is C11H20N2O3. The van der Waals surface area contributed by atoms with E-state index in [9.17, 15) is 9.59 Å². The average molecular weight is 228 g/mol. The lowest BCUT2D eigenvalue weighted by Crippen LogP contribution is -2.46. The minimum Gasteiger partial charge on any atom is -0.464 e. The van der Waals surface area contributed by atoms with E-state index in [4.69, 9.17) is 4.74 Å². The summed E-state index contributed by atoms with van der Waals surface area (Å²) in [7, 11) is 0. The molecule has 1 unspecified atom stereocenters. The molecule has 5 heteroatoms. The van der Waals surface area contributed by atoms with Crippen LogP contribution in [0.25, 0.3) is 0 Å². The fraction of sp³-hybridized carbons (Fsp3) is 0.818. The van der Waals surface area contributed by atoms with Crippen molar-refractivity contribution >= 4 is 11.9 Å². The first kappa shape index (κ1) is 13.0. The topological polar surface area (TPSA) is 67.4 Å². The number of hydrogen-bond acceptors (Lipinski definition) is 4. The summed E-state index contributed by atoms with van der Waals surface area (Å²) in [6.45, 7) is 5.40. The molecule has 1 fully saturated rings. The predicted octanol–water partition coefficient (Wildman–Crippen LogP) is 0.0538. The summed E-state index contributed by atoms with van der Waals surface area (Å²) in [5.41, 5.74) is 0. The summed E-state index contributed by atoms with van der Waals surface area (Å²) in [6.07, 6.45) is 1.89. The van der Waals surface area contributed by atoms with Crippen LogP contribution in [0.2, 0.25) is 0 Å². The number of amides is 1. The van der Waals surface area contributed by atoms with Crippen molar-refractivity contribution < 1.29 is 14.3 Å². The first-order chi connectivity index (χ1) is 7.65. The smallest absolute Gasteiger partial charge is 0.328 e. The lowest BCUT2D eigenvalue weighted by atomic mass is 9.98. The highest BCUT2D eigenvalue weighted by Gasteiger charge is 2.24. The van der Waals surface area contributed by atoms with Crippen LogP contribution in [0.5, 0.6) is 0 Å². The van der Waals surface area contributed by atoms with E-state index >= 15 is 0 Å². The van der Waals surface area contributed by atoms with Crippen LogP contribution in [0, 0.1) is 5.92 Å². The van der Waals surface area contributed by atoms with Gasteiger partial charge >= 0.3 is 5.97 Å². The molecule has 1 saturated heterocycles. The molecule has 1 heterocycles. The van der Waals surface area contributed by atoms with Crippen molar-refractivity contribution in [3.63, 3.8) is 0 Å². The van der Waals surface area contributed by atoms with Crippen LogP contribution in [0.4, 0.5) is 0 Å². The van der Waals surface area contributed by atoms with Gasteiger partial charge in [-0.15, -0.1) is 0 Å². The molecule has 16 heavy (non-hydrogen) atoms. The Labute approximate surface area is 95.9 Å². The van der Waals surface area contributed by atoms with Gasteiger partial charge < -0.3 is 15.4 Å². The highest BCUT2D eigenvalue weighted by Crippen LogP contribution is 2.10. The van der Waals surface area contributed by atoms with Gasteiger partial charge in [-0.2, -0.15) is 0 Å². The molecule has 92 valence electrons. The number of esters is 1. The number of carbonyl (C=O) groups excluding carboxylic acids is 2. The fourth-order valence-electron chi connectivity index (χ4n) is 1.73. The average Bonchev–Trinajstić information content (AvgIpc) is 2.30. The van der Waals surface area contributed by atoms with Crippen molar-refractivity contribution in [2.24, 2.45) is 5.92 Å². The molecule has 0 aromatic heterocycles. The van der Waals surface area contributed by atoms with Crippen molar-refractivity contribution in [1.29, 1.82) is 0 Å². The molecule has 1 amide bonds. The minimum absolute atomic E-state index is 0.0226. The monoisotopic (exact) mass is 228 g/mol. The number of carbonyl (C=O) groups is 2. The van der Waals surface area contributed by atoms with E-state index in [0.717, 1.165) is 19.4 Å². The number of hydrogen-bond donors (Lipinski definition) is 2. The lowest BCUT2D eigenvalue weighted by molar-refractivity contribution is -0.147. The Balaban J connectivity index is 2.34. The third-order valence-electron chi connectivity index (χ3n) is 2.67. The second kappa shape index (κ2) is 6.48. The van der Waals surface area contributed by atoms with Crippen LogP contribution in [0.15, 0.2) is 0 Å². The SMILES string of the molecule is CCOC(=O)[C@H](C)NC(=O)C1CCCNC1.